The van der Waals surface area contributed by atoms with Gasteiger partial charge in [-0.05, 0) is 51.4 Å². The zero-order valence-electron chi connectivity index (χ0n) is 18.7. The summed E-state index contributed by atoms with van der Waals surface area (Å²) in [4.78, 5) is 8.16. The molecule has 0 saturated carbocycles. The average molecular weight is 613 g/mol. The molecule has 5 nitrogen and oxygen atoms in total. The molecule has 0 N–H and O–H groups in total. The molecule has 1 aromatic heterocycles. The molecule has 171 valence electrons. The van der Waals surface area contributed by atoms with Crippen molar-refractivity contribution in [3.8, 4) is 0 Å². The van der Waals surface area contributed by atoms with Crippen molar-refractivity contribution in [3.63, 3.8) is 0 Å². The molecule has 0 bridgehead atoms. The van der Waals surface area contributed by atoms with E-state index in [1.54, 1.807) is 0 Å². The molecular weight excluding hydrogens is 589 g/mol. The zero-order valence-corrected chi connectivity index (χ0v) is 21.1. The van der Waals surface area contributed by atoms with Gasteiger partial charge in [0.25, 0.3) is 0 Å². The summed E-state index contributed by atoms with van der Waals surface area (Å²) in [6.45, 7) is 6.12. The largest absolute Gasteiger partial charge is 0.514 e. The van der Waals surface area contributed by atoms with Gasteiger partial charge in [0.05, 0.1) is 0 Å². The number of fused-ring (bicyclic) bond motifs is 3. The minimum absolute atomic E-state index is 0. The fourth-order valence-electron chi connectivity index (χ4n) is 3.73. The molecule has 4 aromatic rings. The van der Waals surface area contributed by atoms with E-state index in [0.717, 1.165) is 33.3 Å². The molecule has 0 spiro atoms. The van der Waals surface area contributed by atoms with Gasteiger partial charge in [0, 0.05) is 31.1 Å². The third kappa shape index (κ3) is 4.63. The summed E-state index contributed by atoms with van der Waals surface area (Å²) in [5, 5.41) is 2.27. The molecule has 3 heterocycles. The topological polar surface area (TPSA) is 26.1 Å². The van der Waals surface area contributed by atoms with Crippen LogP contribution in [0.15, 0.2) is 89.4 Å². The third-order valence-corrected chi connectivity index (χ3v) is 5.50. The van der Waals surface area contributed by atoms with Gasteiger partial charge in [0.15, 0.2) is 0 Å². The Morgan fingerprint density at radius 2 is 1.64 bits per heavy atom. The van der Waals surface area contributed by atoms with Crippen LogP contribution in [0, 0.1) is 25.5 Å². The molecule has 0 amide bonds. The van der Waals surface area contributed by atoms with Crippen LogP contribution >= 0.6 is 0 Å². The molecule has 0 fully saturated rings. The first-order chi connectivity index (χ1) is 15.6. The SMILES string of the molecule is CC1=CN(c2[c-]ccc3c2oc2ccccc23)[CH-]N1C.CN1C=CN(c2[c-]cccc2)[CH-]1.[Ir]. The van der Waals surface area contributed by atoms with Gasteiger partial charge in [-0.2, -0.15) is 61.9 Å². The Labute approximate surface area is 208 Å². The van der Waals surface area contributed by atoms with Crippen molar-refractivity contribution >= 4 is 33.3 Å². The predicted molar refractivity (Wildman–Crippen MR) is 130 cm³/mol. The second kappa shape index (κ2) is 9.73. The minimum atomic E-state index is 0. The van der Waals surface area contributed by atoms with E-state index in [0.29, 0.717) is 0 Å². The maximum absolute atomic E-state index is 6.03. The molecule has 0 unspecified atom stereocenters. The molecule has 6 heteroatoms. The minimum Gasteiger partial charge on any atom is -0.514 e. The van der Waals surface area contributed by atoms with Gasteiger partial charge in [-0.25, -0.2) is 0 Å². The van der Waals surface area contributed by atoms with E-state index in [2.05, 4.69) is 47.2 Å². The molecule has 0 aliphatic carbocycles. The fourth-order valence-corrected chi connectivity index (χ4v) is 3.73. The smallest absolute Gasteiger partial charge is 0.116 e. The van der Waals surface area contributed by atoms with Crippen molar-refractivity contribution in [1.29, 1.82) is 0 Å². The van der Waals surface area contributed by atoms with E-state index in [4.69, 9.17) is 4.42 Å². The quantitative estimate of drug-likeness (QED) is 0.261. The number of furan rings is 1. The second-order valence-electron chi connectivity index (χ2n) is 7.81. The number of hydrogen-bond acceptors (Lipinski definition) is 5. The van der Waals surface area contributed by atoms with Crippen LogP contribution in [-0.4, -0.2) is 23.9 Å². The van der Waals surface area contributed by atoms with Gasteiger partial charge in [-0.1, -0.05) is 29.3 Å². The molecule has 0 saturated heterocycles. The van der Waals surface area contributed by atoms with Gasteiger partial charge in [0.2, 0.25) is 0 Å². The molecule has 0 atom stereocenters. The van der Waals surface area contributed by atoms with E-state index in [1.807, 2.05) is 98.2 Å². The van der Waals surface area contributed by atoms with Gasteiger partial charge in [0.1, 0.15) is 5.58 Å². The molecular formula is C27H24IrN4O-4. The number of para-hydroxylation sites is 2. The van der Waals surface area contributed by atoms with Gasteiger partial charge >= 0.3 is 0 Å². The normalized spacial score (nSPS) is 15.1. The van der Waals surface area contributed by atoms with Crippen LogP contribution in [0.4, 0.5) is 11.4 Å². The second-order valence-corrected chi connectivity index (χ2v) is 7.81. The summed E-state index contributed by atoms with van der Waals surface area (Å²) < 4.78 is 6.03. The standard InChI is InChI=1S/C17H14N2O.C10H10N2.Ir/c1-12-10-19(11-18(12)2)15-8-5-7-14-13-6-3-4-9-16(13)20-17(14)15;1-11-7-8-12(9-11)10-5-3-2-4-6-10;/h3-7,9-11H,1-2H3;2-5,7-9H,1H3;/q2*-2;. The number of rotatable bonds is 2. The number of nitrogens with zero attached hydrogens (tertiary/aromatic N) is 4. The molecule has 6 rings (SSSR count). The van der Waals surface area contributed by atoms with Crippen LogP contribution in [0.1, 0.15) is 6.92 Å². The molecule has 3 aromatic carbocycles. The first-order valence-corrected chi connectivity index (χ1v) is 10.5. The Morgan fingerprint density at radius 1 is 0.818 bits per heavy atom. The van der Waals surface area contributed by atoms with E-state index in [-0.39, 0.29) is 20.1 Å². The monoisotopic (exact) mass is 613 g/mol. The summed E-state index contributed by atoms with van der Waals surface area (Å²) in [7, 11) is 4.03. The van der Waals surface area contributed by atoms with E-state index in [9.17, 15) is 0 Å². The Morgan fingerprint density at radius 3 is 2.33 bits per heavy atom. The molecule has 1 radical (unpaired) electrons. The molecule has 33 heavy (non-hydrogen) atoms. The van der Waals surface area contributed by atoms with Gasteiger partial charge in [-0.15, -0.1) is 5.69 Å². The van der Waals surface area contributed by atoms with Crippen LogP contribution in [0.5, 0.6) is 0 Å². The van der Waals surface area contributed by atoms with Crippen LogP contribution in [0.2, 0.25) is 0 Å². The Balaban J connectivity index is 0.000000172. The Kier molecular flexibility index (Phi) is 6.77. The fraction of sp³-hybridized carbons (Fsp3) is 0.111. The van der Waals surface area contributed by atoms with Crippen LogP contribution in [0.25, 0.3) is 21.9 Å². The van der Waals surface area contributed by atoms with Gasteiger partial charge < -0.3 is 24.0 Å². The Bertz CT molecular complexity index is 1300. The van der Waals surface area contributed by atoms with Crippen molar-refractivity contribution in [2.45, 2.75) is 6.92 Å². The van der Waals surface area contributed by atoms with Gasteiger partial charge in [-0.3, -0.25) is 0 Å². The summed E-state index contributed by atoms with van der Waals surface area (Å²) in [6, 6.07) is 26.5. The maximum Gasteiger partial charge on any atom is 0.116 e. The van der Waals surface area contributed by atoms with Crippen molar-refractivity contribution in [3.05, 3.63) is 110 Å². The zero-order chi connectivity index (χ0) is 22.1. The molecule has 2 aliphatic rings. The van der Waals surface area contributed by atoms with E-state index in [1.165, 1.54) is 5.70 Å². The summed E-state index contributed by atoms with van der Waals surface area (Å²) >= 11 is 0. The van der Waals surface area contributed by atoms with E-state index >= 15 is 0 Å². The van der Waals surface area contributed by atoms with E-state index < -0.39 is 0 Å². The van der Waals surface area contributed by atoms with Crippen LogP contribution in [-0.2, 0) is 20.1 Å². The third-order valence-electron chi connectivity index (χ3n) is 5.50. The number of anilines is 2. The number of benzene rings is 3. The average Bonchev–Trinajstić information content (AvgIpc) is 3.51. The summed E-state index contributed by atoms with van der Waals surface area (Å²) in [5.41, 5.74) is 4.99. The number of allylic oxidation sites excluding steroid dienone is 1. The van der Waals surface area contributed by atoms with Crippen molar-refractivity contribution in [1.82, 2.24) is 9.80 Å². The maximum atomic E-state index is 6.03. The van der Waals surface area contributed by atoms with Crippen molar-refractivity contribution in [2.24, 2.45) is 0 Å². The molecule has 2 aliphatic heterocycles. The van der Waals surface area contributed by atoms with Crippen LogP contribution in [0.3, 0.4) is 0 Å². The number of hydrogen-bond donors (Lipinski definition) is 0. The van der Waals surface area contributed by atoms with Crippen LogP contribution < -0.4 is 9.80 Å². The predicted octanol–water partition coefficient (Wildman–Crippen LogP) is 5.95. The van der Waals surface area contributed by atoms with Crippen molar-refractivity contribution < 1.29 is 24.5 Å². The first kappa shape index (κ1) is 23.0. The summed E-state index contributed by atoms with van der Waals surface area (Å²) in [6.07, 6.45) is 6.09. The van der Waals surface area contributed by atoms with Crippen molar-refractivity contribution in [2.75, 3.05) is 23.9 Å². The summed E-state index contributed by atoms with van der Waals surface area (Å²) in [5.74, 6) is 0. The first-order valence-electron chi connectivity index (χ1n) is 10.5. The Hall–Kier alpha value is -3.21.